The second kappa shape index (κ2) is 9.46. The molecule has 1 aliphatic rings. The predicted octanol–water partition coefficient (Wildman–Crippen LogP) is 4.93. The van der Waals surface area contributed by atoms with Crippen LogP contribution in [0.3, 0.4) is 0 Å². The molecule has 0 bridgehead atoms. The van der Waals surface area contributed by atoms with Gasteiger partial charge in [0.05, 0.1) is 23.0 Å². The second-order valence-electron chi connectivity index (χ2n) is 8.61. The first-order valence-electron chi connectivity index (χ1n) is 11.6. The van der Waals surface area contributed by atoms with Crippen LogP contribution in [0.25, 0.3) is 10.9 Å². The lowest BCUT2D eigenvalue weighted by Gasteiger charge is -2.35. The Morgan fingerprint density at radius 3 is 2.57 bits per heavy atom. The van der Waals surface area contributed by atoms with Gasteiger partial charge in [0, 0.05) is 43.3 Å². The van der Waals surface area contributed by atoms with Gasteiger partial charge in [-0.3, -0.25) is 0 Å². The number of likely N-dealkylation sites (N-methyl/N-ethyl adjacent to an activating group) is 1. The first-order chi connectivity index (χ1) is 16.9. The fourth-order valence-corrected chi connectivity index (χ4v) is 4.27. The van der Waals surface area contributed by atoms with Crippen LogP contribution >= 0.6 is 0 Å². The number of pyridine rings is 1. The maximum Gasteiger partial charge on any atom is 0.227 e. The van der Waals surface area contributed by atoms with Gasteiger partial charge in [-0.1, -0.05) is 6.92 Å². The molecule has 0 unspecified atom stereocenters. The molecular formula is C25H27F2N7O. The summed E-state index contributed by atoms with van der Waals surface area (Å²) in [7, 11) is 0. The van der Waals surface area contributed by atoms with Gasteiger partial charge in [0.25, 0.3) is 0 Å². The van der Waals surface area contributed by atoms with Gasteiger partial charge < -0.3 is 24.8 Å². The molecule has 1 aliphatic heterocycles. The van der Waals surface area contributed by atoms with Gasteiger partial charge in [-0.05, 0) is 38.6 Å². The highest BCUT2D eigenvalue weighted by molar-refractivity contribution is 5.83. The average molecular weight is 480 g/mol. The number of nitrogens with zero attached hydrogens (tertiary/aromatic N) is 5. The van der Waals surface area contributed by atoms with Gasteiger partial charge in [-0.25, -0.2) is 23.7 Å². The van der Waals surface area contributed by atoms with Crippen molar-refractivity contribution in [1.82, 2.24) is 24.8 Å². The Labute approximate surface area is 202 Å². The number of H-pyrrole nitrogens is 1. The molecule has 0 aliphatic carbocycles. The van der Waals surface area contributed by atoms with E-state index in [2.05, 4.69) is 42.0 Å². The van der Waals surface area contributed by atoms with Gasteiger partial charge in [0.2, 0.25) is 5.88 Å². The number of rotatable bonds is 6. The van der Waals surface area contributed by atoms with Crippen molar-refractivity contribution in [1.29, 1.82) is 0 Å². The molecule has 4 aromatic rings. The minimum Gasteiger partial charge on any atom is -0.435 e. The van der Waals surface area contributed by atoms with Crippen molar-refractivity contribution < 1.29 is 13.5 Å². The summed E-state index contributed by atoms with van der Waals surface area (Å²) in [5.41, 5.74) is 2.37. The first-order valence-corrected chi connectivity index (χ1v) is 11.6. The summed E-state index contributed by atoms with van der Waals surface area (Å²) in [5.74, 6) is -0.308. The maximum atomic E-state index is 15.0. The number of halogens is 2. The van der Waals surface area contributed by atoms with E-state index < -0.39 is 11.6 Å². The molecule has 8 nitrogen and oxygen atoms in total. The van der Waals surface area contributed by atoms with Crippen LogP contribution in [0.2, 0.25) is 0 Å². The number of ether oxygens (including phenoxy) is 1. The highest BCUT2D eigenvalue weighted by Gasteiger charge is 2.19. The summed E-state index contributed by atoms with van der Waals surface area (Å²) in [6.07, 6.45) is 3.14. The molecule has 5 rings (SSSR count). The number of benzene rings is 1. The summed E-state index contributed by atoms with van der Waals surface area (Å²) < 4.78 is 35.1. The van der Waals surface area contributed by atoms with Crippen LogP contribution in [0.4, 0.5) is 26.1 Å². The van der Waals surface area contributed by atoms with Crippen LogP contribution in [-0.2, 0) is 0 Å². The Kier molecular flexibility index (Phi) is 6.21. The number of aromatic amines is 1. The molecule has 1 fully saturated rings. The van der Waals surface area contributed by atoms with Crippen LogP contribution in [0.15, 0.2) is 36.8 Å². The van der Waals surface area contributed by atoms with E-state index in [9.17, 15) is 8.78 Å². The average Bonchev–Trinajstić information content (AvgIpc) is 3.28. The molecule has 0 radical (unpaired) electrons. The monoisotopic (exact) mass is 479 g/mol. The van der Waals surface area contributed by atoms with Gasteiger partial charge in [0.15, 0.2) is 17.4 Å². The maximum absolute atomic E-state index is 15.0. The zero-order valence-corrected chi connectivity index (χ0v) is 19.9. The zero-order chi connectivity index (χ0) is 24.5. The lowest BCUT2D eigenvalue weighted by molar-refractivity contribution is 0.271. The largest absolute Gasteiger partial charge is 0.435 e. The molecule has 0 amide bonds. The van der Waals surface area contributed by atoms with E-state index in [1.807, 2.05) is 18.3 Å². The summed E-state index contributed by atoms with van der Waals surface area (Å²) in [5, 5.41) is 3.29. The third-order valence-electron chi connectivity index (χ3n) is 6.33. The van der Waals surface area contributed by atoms with Gasteiger partial charge in [0.1, 0.15) is 18.0 Å². The summed E-state index contributed by atoms with van der Waals surface area (Å²) in [6.45, 7) is 10.8. The molecule has 0 atom stereocenters. The first kappa shape index (κ1) is 23.0. The summed E-state index contributed by atoms with van der Waals surface area (Å²) in [6, 6.07) is 6.47. The van der Waals surface area contributed by atoms with E-state index in [1.54, 1.807) is 19.9 Å². The van der Waals surface area contributed by atoms with Crippen LogP contribution in [0, 0.1) is 25.5 Å². The summed E-state index contributed by atoms with van der Waals surface area (Å²) >= 11 is 0. The van der Waals surface area contributed by atoms with Crippen molar-refractivity contribution in [2.24, 2.45) is 0 Å². The fraction of sp³-hybridized carbons (Fsp3) is 0.320. The van der Waals surface area contributed by atoms with Crippen LogP contribution in [-0.4, -0.2) is 57.6 Å². The lowest BCUT2D eigenvalue weighted by Crippen LogP contribution is -2.46. The minimum absolute atomic E-state index is 0.107. The van der Waals surface area contributed by atoms with Crippen LogP contribution in [0.1, 0.15) is 18.2 Å². The van der Waals surface area contributed by atoms with Gasteiger partial charge in [-0.15, -0.1) is 0 Å². The zero-order valence-electron chi connectivity index (χ0n) is 19.9. The highest BCUT2D eigenvalue weighted by atomic mass is 19.1. The number of aromatic nitrogens is 4. The number of hydrogen-bond donors (Lipinski definition) is 2. The van der Waals surface area contributed by atoms with Gasteiger partial charge in [-0.2, -0.15) is 0 Å². The predicted molar refractivity (Wildman–Crippen MR) is 132 cm³/mol. The Hall–Kier alpha value is -3.79. The molecule has 3 aromatic heterocycles. The van der Waals surface area contributed by atoms with Crippen molar-refractivity contribution in [3.8, 4) is 11.6 Å². The molecule has 35 heavy (non-hydrogen) atoms. The number of nitrogens with one attached hydrogen (secondary N) is 2. The van der Waals surface area contributed by atoms with Crippen molar-refractivity contribution in [2.75, 3.05) is 42.9 Å². The standard InChI is InChI=1S/C25H27F2N7O/c1-4-33-7-9-34(10-8-33)17-5-6-21(28-13-17)32-24-16(3)25(30-14-29-24)35-20-12-19(26)23-18(22(20)27)11-15(2)31-23/h5-6,11-14,31H,4,7-10H2,1-3H3,(H,28,29,30,32). The molecule has 10 heteroatoms. The molecule has 1 aromatic carbocycles. The topological polar surface area (TPSA) is 82.2 Å². The molecular weight excluding hydrogens is 452 g/mol. The van der Waals surface area contributed by atoms with E-state index in [0.717, 1.165) is 44.5 Å². The van der Waals surface area contributed by atoms with E-state index in [1.165, 1.54) is 6.33 Å². The summed E-state index contributed by atoms with van der Waals surface area (Å²) in [4.78, 5) is 20.5. The van der Waals surface area contributed by atoms with E-state index in [-0.39, 0.29) is 22.5 Å². The Balaban J connectivity index is 1.33. The molecule has 2 N–H and O–H groups in total. The lowest BCUT2D eigenvalue weighted by atomic mass is 10.2. The molecule has 182 valence electrons. The van der Waals surface area contributed by atoms with Crippen molar-refractivity contribution in [3.63, 3.8) is 0 Å². The third kappa shape index (κ3) is 4.61. The minimum atomic E-state index is -0.657. The van der Waals surface area contributed by atoms with Crippen molar-refractivity contribution in [3.05, 3.63) is 59.7 Å². The Bertz CT molecular complexity index is 1350. The number of hydrogen-bond acceptors (Lipinski definition) is 7. The van der Waals surface area contributed by atoms with E-state index in [4.69, 9.17) is 4.74 Å². The number of fused-ring (bicyclic) bond motifs is 1. The smallest absolute Gasteiger partial charge is 0.227 e. The molecule has 0 spiro atoms. The molecule has 4 heterocycles. The SMILES string of the molecule is CCN1CCN(c2ccc(Nc3ncnc(Oc4cc(F)c5[nH]c(C)cc5c4F)c3C)nc2)CC1. The van der Waals surface area contributed by atoms with E-state index >= 15 is 0 Å². The highest BCUT2D eigenvalue weighted by Crippen LogP contribution is 2.34. The van der Waals surface area contributed by atoms with Crippen molar-refractivity contribution in [2.45, 2.75) is 20.8 Å². The number of aryl methyl sites for hydroxylation is 1. The van der Waals surface area contributed by atoms with Crippen LogP contribution < -0.4 is 15.0 Å². The normalized spacial score (nSPS) is 14.5. The Morgan fingerprint density at radius 1 is 1.06 bits per heavy atom. The number of piperazine rings is 1. The number of anilines is 3. The Morgan fingerprint density at radius 2 is 1.86 bits per heavy atom. The van der Waals surface area contributed by atoms with E-state index in [0.29, 0.717) is 22.9 Å². The van der Waals surface area contributed by atoms with Crippen LogP contribution in [0.5, 0.6) is 11.6 Å². The second-order valence-corrected chi connectivity index (χ2v) is 8.61. The molecule has 0 saturated carbocycles. The molecule has 1 saturated heterocycles. The fourth-order valence-electron chi connectivity index (χ4n) is 4.27. The van der Waals surface area contributed by atoms with Gasteiger partial charge >= 0.3 is 0 Å². The van der Waals surface area contributed by atoms with Crippen molar-refractivity contribution >= 4 is 28.2 Å². The quantitative estimate of drug-likeness (QED) is 0.406. The third-order valence-corrected chi connectivity index (χ3v) is 6.33.